The summed E-state index contributed by atoms with van der Waals surface area (Å²) in [6, 6.07) is 5.64. The highest BCUT2D eigenvalue weighted by molar-refractivity contribution is 7.92. The highest BCUT2D eigenvalue weighted by atomic mass is 32.2. The first-order valence-corrected chi connectivity index (χ1v) is 9.02. The molecule has 1 amide bonds. The summed E-state index contributed by atoms with van der Waals surface area (Å²) in [6.07, 6.45) is 3.51. The zero-order chi connectivity index (χ0) is 15.4. The molecular weight excluding hydrogens is 288 g/mol. The Kier molecular flexibility index (Phi) is 3.24. The molecule has 2 aliphatic rings. The zero-order valence-electron chi connectivity index (χ0n) is 12.5. The molecule has 114 valence electrons. The molecule has 1 aliphatic carbocycles. The van der Waals surface area contributed by atoms with Crippen molar-refractivity contribution in [3.8, 4) is 0 Å². The van der Waals surface area contributed by atoms with Crippen molar-refractivity contribution in [3.05, 3.63) is 29.3 Å². The molecule has 5 nitrogen and oxygen atoms in total. The van der Waals surface area contributed by atoms with Crippen molar-refractivity contribution in [3.63, 3.8) is 0 Å². The number of anilines is 1. The van der Waals surface area contributed by atoms with E-state index >= 15 is 0 Å². The van der Waals surface area contributed by atoms with Crippen molar-refractivity contribution in [2.24, 2.45) is 5.92 Å². The number of rotatable bonds is 4. The minimum Gasteiger partial charge on any atom is -0.331 e. The molecule has 0 aromatic heterocycles. The summed E-state index contributed by atoms with van der Waals surface area (Å²) in [4.78, 5) is 14.6. The summed E-state index contributed by atoms with van der Waals surface area (Å²) in [7, 11) is -1.89. The van der Waals surface area contributed by atoms with Gasteiger partial charge in [-0.2, -0.15) is 0 Å². The molecule has 21 heavy (non-hydrogen) atoms. The molecule has 1 saturated carbocycles. The highest BCUT2D eigenvalue weighted by Gasteiger charge is 2.40. The minimum atomic E-state index is -3.38. The minimum absolute atomic E-state index is 0.0458. The topological polar surface area (TPSA) is 57.7 Å². The average Bonchev–Trinajstić information content (AvgIpc) is 3.21. The zero-order valence-corrected chi connectivity index (χ0v) is 13.4. The van der Waals surface area contributed by atoms with Crippen LogP contribution in [-0.2, 0) is 16.6 Å². The highest BCUT2D eigenvalue weighted by Crippen LogP contribution is 2.40. The number of carbonyl (C=O) groups excluding carboxylic acids is 1. The normalized spacial score (nSPS) is 19.6. The third-order valence-corrected chi connectivity index (χ3v) is 5.77. The Morgan fingerprint density at radius 2 is 2.00 bits per heavy atom. The molecule has 0 spiro atoms. The van der Waals surface area contributed by atoms with E-state index in [1.54, 1.807) is 6.07 Å². The second-order valence-electron chi connectivity index (χ2n) is 6.05. The molecule has 1 atom stereocenters. The maximum Gasteiger partial charge on any atom is 0.256 e. The van der Waals surface area contributed by atoms with Crippen LogP contribution in [0.15, 0.2) is 18.2 Å². The second-order valence-corrected chi connectivity index (χ2v) is 8.07. The Bertz CT molecular complexity index is 695. The second kappa shape index (κ2) is 4.73. The van der Waals surface area contributed by atoms with Crippen LogP contribution in [0, 0.1) is 5.92 Å². The van der Waals surface area contributed by atoms with E-state index < -0.39 is 10.0 Å². The lowest BCUT2D eigenvalue weighted by atomic mass is 10.1. The number of hydrogen-bond acceptors (Lipinski definition) is 3. The molecule has 6 heteroatoms. The summed E-state index contributed by atoms with van der Waals surface area (Å²) in [5, 5.41) is 0. The first-order chi connectivity index (χ1) is 9.80. The Morgan fingerprint density at radius 1 is 1.33 bits per heavy atom. The van der Waals surface area contributed by atoms with E-state index in [-0.39, 0.29) is 11.9 Å². The van der Waals surface area contributed by atoms with Gasteiger partial charge in [-0.3, -0.25) is 9.10 Å². The van der Waals surface area contributed by atoms with Crippen molar-refractivity contribution in [1.82, 2.24) is 4.90 Å². The predicted octanol–water partition coefficient (Wildman–Crippen LogP) is 1.84. The van der Waals surface area contributed by atoms with Gasteiger partial charge in [-0.15, -0.1) is 0 Å². The third-order valence-electron chi connectivity index (χ3n) is 4.58. The number of sulfonamides is 1. The van der Waals surface area contributed by atoms with Gasteiger partial charge in [0, 0.05) is 19.6 Å². The van der Waals surface area contributed by atoms with E-state index in [0.717, 1.165) is 11.8 Å². The van der Waals surface area contributed by atoms with Crippen LogP contribution in [0.25, 0.3) is 0 Å². The summed E-state index contributed by atoms with van der Waals surface area (Å²) in [6.45, 7) is 2.67. The van der Waals surface area contributed by atoms with Gasteiger partial charge in [-0.25, -0.2) is 8.42 Å². The lowest BCUT2D eigenvalue weighted by molar-refractivity contribution is 0.0698. The van der Waals surface area contributed by atoms with Gasteiger partial charge in [0.1, 0.15) is 0 Å². The van der Waals surface area contributed by atoms with Gasteiger partial charge >= 0.3 is 0 Å². The van der Waals surface area contributed by atoms with E-state index in [1.807, 2.05) is 17.0 Å². The van der Waals surface area contributed by atoms with Crippen molar-refractivity contribution >= 4 is 21.6 Å². The monoisotopic (exact) mass is 308 g/mol. The molecule has 0 bridgehead atoms. The van der Waals surface area contributed by atoms with Gasteiger partial charge in [0.15, 0.2) is 0 Å². The maximum atomic E-state index is 12.7. The van der Waals surface area contributed by atoms with E-state index in [9.17, 15) is 13.2 Å². The SMILES string of the molecule is C[C@@H](C1CC1)N1Cc2cccc(N(C)S(C)(=O)=O)c2C1=O. The summed E-state index contributed by atoms with van der Waals surface area (Å²) < 4.78 is 24.7. The number of hydrogen-bond donors (Lipinski definition) is 0. The van der Waals surface area contributed by atoms with Gasteiger partial charge in [-0.1, -0.05) is 12.1 Å². The molecule has 1 aromatic carbocycles. The largest absolute Gasteiger partial charge is 0.331 e. The summed E-state index contributed by atoms with van der Waals surface area (Å²) in [5.41, 5.74) is 1.93. The fourth-order valence-corrected chi connectivity index (χ4v) is 3.48. The average molecular weight is 308 g/mol. The molecule has 0 unspecified atom stereocenters. The third kappa shape index (κ3) is 2.41. The lowest BCUT2D eigenvalue weighted by Gasteiger charge is -2.24. The molecule has 0 radical (unpaired) electrons. The Labute approximate surface area is 125 Å². The van der Waals surface area contributed by atoms with Gasteiger partial charge in [0.05, 0.1) is 17.5 Å². The van der Waals surface area contributed by atoms with Crippen LogP contribution >= 0.6 is 0 Å². The van der Waals surface area contributed by atoms with Gasteiger partial charge in [-0.05, 0) is 37.3 Å². The smallest absolute Gasteiger partial charge is 0.256 e. The predicted molar refractivity (Wildman–Crippen MR) is 81.7 cm³/mol. The number of carbonyl (C=O) groups is 1. The van der Waals surface area contributed by atoms with E-state index in [0.29, 0.717) is 23.7 Å². The molecule has 0 saturated heterocycles. The van der Waals surface area contributed by atoms with Gasteiger partial charge < -0.3 is 4.90 Å². The number of fused-ring (bicyclic) bond motifs is 1. The molecule has 1 aliphatic heterocycles. The maximum absolute atomic E-state index is 12.7. The molecule has 1 heterocycles. The number of benzene rings is 1. The Balaban J connectivity index is 2.00. The van der Waals surface area contributed by atoms with Crippen molar-refractivity contribution in [2.75, 3.05) is 17.6 Å². The lowest BCUT2D eigenvalue weighted by Crippen LogP contribution is -2.35. The van der Waals surface area contributed by atoms with Crippen molar-refractivity contribution in [1.29, 1.82) is 0 Å². The van der Waals surface area contributed by atoms with Crippen LogP contribution in [0.5, 0.6) is 0 Å². The molecule has 1 fully saturated rings. The molecule has 0 N–H and O–H groups in total. The van der Waals surface area contributed by atoms with E-state index in [4.69, 9.17) is 0 Å². The molecule has 3 rings (SSSR count). The van der Waals surface area contributed by atoms with E-state index in [1.165, 1.54) is 24.2 Å². The van der Waals surface area contributed by atoms with Gasteiger partial charge in [0.2, 0.25) is 10.0 Å². The van der Waals surface area contributed by atoms with Gasteiger partial charge in [0.25, 0.3) is 5.91 Å². The number of nitrogens with zero attached hydrogens (tertiary/aromatic N) is 2. The molecular formula is C15H20N2O3S. The van der Waals surface area contributed by atoms with Crippen LogP contribution in [0.1, 0.15) is 35.7 Å². The van der Waals surface area contributed by atoms with Crippen molar-refractivity contribution in [2.45, 2.75) is 32.4 Å². The first-order valence-electron chi connectivity index (χ1n) is 7.17. The van der Waals surface area contributed by atoms with Crippen LogP contribution in [-0.4, -0.2) is 38.6 Å². The van der Waals surface area contributed by atoms with E-state index in [2.05, 4.69) is 6.92 Å². The van der Waals surface area contributed by atoms with Crippen LogP contribution in [0.3, 0.4) is 0 Å². The fraction of sp³-hybridized carbons (Fsp3) is 0.533. The van der Waals surface area contributed by atoms with Crippen LogP contribution < -0.4 is 4.31 Å². The Morgan fingerprint density at radius 3 is 2.57 bits per heavy atom. The van der Waals surface area contributed by atoms with Crippen LogP contribution in [0.2, 0.25) is 0 Å². The summed E-state index contributed by atoms with van der Waals surface area (Å²) >= 11 is 0. The Hall–Kier alpha value is -1.56. The molecule has 1 aromatic rings. The number of amides is 1. The summed E-state index contributed by atoms with van der Waals surface area (Å²) in [5.74, 6) is 0.551. The first kappa shape index (κ1) is 14.4. The quantitative estimate of drug-likeness (QED) is 0.853. The van der Waals surface area contributed by atoms with Crippen molar-refractivity contribution < 1.29 is 13.2 Å². The standard InChI is InChI=1S/C15H20N2O3S/c1-10(11-7-8-11)17-9-12-5-4-6-13(14(12)15(17)18)16(2)21(3,19)20/h4-6,10-11H,7-9H2,1-3H3/t10-/m0/s1. The van der Waals surface area contributed by atoms with Crippen LogP contribution in [0.4, 0.5) is 5.69 Å². The fourth-order valence-electron chi connectivity index (χ4n) is 2.97.